The molecule has 0 fully saturated rings. The average molecular weight is 249 g/mol. The summed E-state index contributed by atoms with van der Waals surface area (Å²) in [5.41, 5.74) is 2.04. The predicted octanol–water partition coefficient (Wildman–Crippen LogP) is 0.409. The quantitative estimate of drug-likeness (QED) is 0.734. The smallest absolute Gasteiger partial charge is 0.377 e. The molecule has 0 saturated heterocycles. The van der Waals surface area contributed by atoms with Gasteiger partial charge in [-0.25, -0.2) is 14.5 Å². The minimum atomic E-state index is -0.534. The van der Waals surface area contributed by atoms with Crippen molar-refractivity contribution in [3.63, 3.8) is 0 Å². The van der Waals surface area contributed by atoms with E-state index < -0.39 is 5.97 Å². The summed E-state index contributed by atoms with van der Waals surface area (Å²) in [6.07, 6.45) is 2.39. The van der Waals surface area contributed by atoms with E-state index in [2.05, 4.69) is 26.8 Å². The zero-order valence-corrected chi connectivity index (χ0v) is 10.6. The van der Waals surface area contributed by atoms with Crippen molar-refractivity contribution in [1.29, 1.82) is 0 Å². The van der Waals surface area contributed by atoms with E-state index in [4.69, 9.17) is 0 Å². The number of carbonyl (C=O) groups excluding carboxylic acids is 1. The molecule has 2 heterocycles. The maximum absolute atomic E-state index is 11.2. The molecule has 0 amide bonds. The van der Waals surface area contributed by atoms with Crippen LogP contribution in [0.1, 0.15) is 28.9 Å². The maximum atomic E-state index is 11.2. The Kier molecular flexibility index (Phi) is 3.40. The van der Waals surface area contributed by atoms with Gasteiger partial charge in [0.05, 0.1) is 25.0 Å². The van der Waals surface area contributed by atoms with Crippen LogP contribution in [-0.2, 0) is 24.8 Å². The fraction of sp³-hybridized carbons (Fsp3) is 0.455. The molecule has 0 aliphatic rings. The Morgan fingerprint density at radius 2 is 2.22 bits per heavy atom. The lowest BCUT2D eigenvalue weighted by molar-refractivity contribution is 0.0586. The van der Waals surface area contributed by atoms with Gasteiger partial charge < -0.3 is 4.74 Å². The van der Waals surface area contributed by atoms with E-state index in [0.29, 0.717) is 6.54 Å². The van der Waals surface area contributed by atoms with Gasteiger partial charge in [-0.3, -0.25) is 4.68 Å². The lowest BCUT2D eigenvalue weighted by Crippen LogP contribution is -2.08. The normalized spacial score (nSPS) is 10.6. The number of hydrogen-bond donors (Lipinski definition) is 0. The highest BCUT2D eigenvalue weighted by molar-refractivity contribution is 5.84. The standard InChI is InChI=1S/C11H15N5O2/c1-4-8-5-9(15(2)13-8)6-16-7-12-10(14-16)11(17)18-3/h5,7H,4,6H2,1-3H3. The first-order chi connectivity index (χ1) is 8.63. The van der Waals surface area contributed by atoms with Crippen LogP contribution < -0.4 is 0 Å². The molecule has 0 aliphatic heterocycles. The van der Waals surface area contributed by atoms with Crippen molar-refractivity contribution in [2.24, 2.45) is 7.05 Å². The molecule has 0 aromatic carbocycles. The van der Waals surface area contributed by atoms with Gasteiger partial charge >= 0.3 is 5.97 Å². The second-order valence-corrected chi connectivity index (χ2v) is 3.86. The Hall–Kier alpha value is -2.18. The Morgan fingerprint density at radius 3 is 2.83 bits per heavy atom. The van der Waals surface area contributed by atoms with Crippen molar-refractivity contribution in [3.8, 4) is 0 Å². The van der Waals surface area contributed by atoms with Crippen LogP contribution in [-0.4, -0.2) is 37.6 Å². The van der Waals surface area contributed by atoms with Crippen LogP contribution in [0, 0.1) is 0 Å². The van der Waals surface area contributed by atoms with Gasteiger partial charge in [0.15, 0.2) is 0 Å². The van der Waals surface area contributed by atoms with Gasteiger partial charge in [0, 0.05) is 7.05 Å². The number of carbonyl (C=O) groups is 1. The molecular weight excluding hydrogens is 234 g/mol. The van der Waals surface area contributed by atoms with Crippen molar-refractivity contribution in [2.45, 2.75) is 19.9 Å². The molecule has 0 unspecified atom stereocenters. The minimum absolute atomic E-state index is 0.0652. The van der Waals surface area contributed by atoms with E-state index in [1.54, 1.807) is 9.36 Å². The molecule has 7 heteroatoms. The molecule has 0 N–H and O–H groups in total. The highest BCUT2D eigenvalue weighted by Gasteiger charge is 2.12. The third-order valence-electron chi connectivity index (χ3n) is 2.62. The molecule has 0 spiro atoms. The largest absolute Gasteiger partial charge is 0.463 e. The van der Waals surface area contributed by atoms with Crippen molar-refractivity contribution < 1.29 is 9.53 Å². The van der Waals surface area contributed by atoms with Gasteiger partial charge in [-0.1, -0.05) is 6.92 Å². The third-order valence-corrected chi connectivity index (χ3v) is 2.62. The van der Waals surface area contributed by atoms with Crippen LogP contribution in [0.25, 0.3) is 0 Å². The molecule has 2 rings (SSSR count). The highest BCUT2D eigenvalue weighted by Crippen LogP contribution is 2.05. The first kappa shape index (κ1) is 12.3. The Balaban J connectivity index is 2.15. The number of esters is 1. The fourth-order valence-electron chi connectivity index (χ4n) is 1.61. The number of nitrogens with zero attached hydrogens (tertiary/aromatic N) is 5. The first-order valence-electron chi connectivity index (χ1n) is 5.63. The monoisotopic (exact) mass is 249 g/mol. The van der Waals surface area contributed by atoms with E-state index in [1.165, 1.54) is 13.4 Å². The van der Waals surface area contributed by atoms with Gasteiger partial charge in [-0.05, 0) is 12.5 Å². The minimum Gasteiger partial charge on any atom is -0.463 e. The summed E-state index contributed by atoms with van der Waals surface area (Å²) in [7, 11) is 3.18. The average Bonchev–Trinajstić information content (AvgIpc) is 2.97. The number of aromatic nitrogens is 5. The van der Waals surface area contributed by atoms with Crippen LogP contribution >= 0.6 is 0 Å². The molecule has 2 aromatic rings. The molecule has 18 heavy (non-hydrogen) atoms. The molecular formula is C11H15N5O2. The molecule has 0 aliphatic carbocycles. The van der Waals surface area contributed by atoms with Crippen LogP contribution in [0.4, 0.5) is 0 Å². The van der Waals surface area contributed by atoms with Gasteiger partial charge in [0.25, 0.3) is 5.82 Å². The SMILES string of the molecule is CCc1cc(Cn2cnc(C(=O)OC)n2)n(C)n1. The van der Waals surface area contributed by atoms with Crippen LogP contribution in [0.2, 0.25) is 0 Å². The first-order valence-corrected chi connectivity index (χ1v) is 5.63. The topological polar surface area (TPSA) is 74.8 Å². The Morgan fingerprint density at radius 1 is 1.44 bits per heavy atom. The van der Waals surface area contributed by atoms with E-state index in [-0.39, 0.29) is 5.82 Å². The molecule has 2 aromatic heterocycles. The number of methoxy groups -OCH3 is 1. The van der Waals surface area contributed by atoms with Crippen LogP contribution in [0.3, 0.4) is 0 Å². The fourth-order valence-corrected chi connectivity index (χ4v) is 1.61. The molecule has 0 bridgehead atoms. The van der Waals surface area contributed by atoms with Crippen molar-refractivity contribution in [3.05, 3.63) is 29.6 Å². The maximum Gasteiger partial charge on any atom is 0.377 e. The van der Waals surface area contributed by atoms with Crippen molar-refractivity contribution in [1.82, 2.24) is 24.5 Å². The van der Waals surface area contributed by atoms with Crippen LogP contribution in [0.5, 0.6) is 0 Å². The molecule has 0 saturated carbocycles. The van der Waals surface area contributed by atoms with Gasteiger partial charge in [0.1, 0.15) is 6.33 Å². The zero-order chi connectivity index (χ0) is 13.1. The van der Waals surface area contributed by atoms with E-state index in [0.717, 1.165) is 17.8 Å². The van der Waals surface area contributed by atoms with E-state index in [9.17, 15) is 4.79 Å². The number of ether oxygens (including phenoxy) is 1. The highest BCUT2D eigenvalue weighted by atomic mass is 16.5. The summed E-state index contributed by atoms with van der Waals surface area (Å²) in [6, 6.07) is 2.01. The summed E-state index contributed by atoms with van der Waals surface area (Å²) < 4.78 is 7.94. The Labute approximate surface area is 104 Å². The number of rotatable bonds is 4. The number of hydrogen-bond acceptors (Lipinski definition) is 5. The van der Waals surface area contributed by atoms with Gasteiger partial charge in [-0.2, -0.15) is 5.10 Å². The lowest BCUT2D eigenvalue weighted by Gasteiger charge is -2.00. The summed E-state index contributed by atoms with van der Waals surface area (Å²) >= 11 is 0. The third kappa shape index (κ3) is 2.39. The van der Waals surface area contributed by atoms with E-state index >= 15 is 0 Å². The summed E-state index contributed by atoms with van der Waals surface area (Å²) in [4.78, 5) is 15.1. The summed E-state index contributed by atoms with van der Waals surface area (Å²) in [5, 5.41) is 8.39. The predicted molar refractivity (Wildman–Crippen MR) is 63.0 cm³/mol. The molecule has 7 nitrogen and oxygen atoms in total. The van der Waals surface area contributed by atoms with Gasteiger partial charge in [-0.15, -0.1) is 5.10 Å². The molecule has 0 radical (unpaired) electrons. The number of aryl methyl sites for hydroxylation is 2. The second-order valence-electron chi connectivity index (χ2n) is 3.86. The van der Waals surface area contributed by atoms with Crippen molar-refractivity contribution in [2.75, 3.05) is 7.11 Å². The Bertz CT molecular complexity index is 558. The van der Waals surface area contributed by atoms with Crippen molar-refractivity contribution >= 4 is 5.97 Å². The zero-order valence-electron chi connectivity index (χ0n) is 10.6. The van der Waals surface area contributed by atoms with Gasteiger partial charge in [0.2, 0.25) is 0 Å². The second kappa shape index (κ2) is 4.99. The summed E-state index contributed by atoms with van der Waals surface area (Å²) in [6.45, 7) is 2.57. The van der Waals surface area contributed by atoms with E-state index in [1.807, 2.05) is 13.1 Å². The summed E-state index contributed by atoms with van der Waals surface area (Å²) in [5.74, 6) is -0.469. The molecule has 96 valence electrons. The van der Waals surface area contributed by atoms with Crippen LogP contribution in [0.15, 0.2) is 12.4 Å². The lowest BCUT2D eigenvalue weighted by atomic mass is 10.3. The molecule has 0 atom stereocenters.